The molecule has 1 amide bonds. The summed E-state index contributed by atoms with van der Waals surface area (Å²) in [6.07, 6.45) is 3.74. The van der Waals surface area contributed by atoms with Crippen LogP contribution in [0.5, 0.6) is 0 Å². The third kappa shape index (κ3) is 3.32. The molecule has 0 unspecified atom stereocenters. The van der Waals surface area contributed by atoms with Crippen LogP contribution < -0.4 is 0 Å². The third-order valence-electron chi connectivity index (χ3n) is 4.46. The Morgan fingerprint density at radius 1 is 1.33 bits per heavy atom. The van der Waals surface area contributed by atoms with E-state index >= 15 is 0 Å². The molecule has 0 spiro atoms. The minimum Gasteiger partial charge on any atom is -0.478 e. The van der Waals surface area contributed by atoms with Gasteiger partial charge in [-0.1, -0.05) is 19.1 Å². The highest BCUT2D eigenvalue weighted by Crippen LogP contribution is 2.23. The first-order valence-electron chi connectivity index (χ1n) is 8.12. The van der Waals surface area contributed by atoms with Gasteiger partial charge in [0, 0.05) is 19.5 Å². The normalized spacial score (nSPS) is 17.2. The topological polar surface area (TPSA) is 83.6 Å². The molecule has 1 saturated heterocycles. The van der Waals surface area contributed by atoms with Crippen LogP contribution in [0.4, 0.5) is 0 Å². The molecule has 6 heteroatoms. The SMILES string of the molecule is CCc1ocnc1C(=O)N1CC[C@@H](Cc2ccc(C(=O)O)cc2)C1. The van der Waals surface area contributed by atoms with Crippen LogP contribution in [0.1, 0.15) is 45.5 Å². The van der Waals surface area contributed by atoms with Gasteiger partial charge in [0.05, 0.1) is 5.56 Å². The monoisotopic (exact) mass is 328 g/mol. The summed E-state index contributed by atoms with van der Waals surface area (Å²) in [4.78, 5) is 29.3. The zero-order valence-corrected chi connectivity index (χ0v) is 13.6. The number of carboxylic acid groups (broad SMARTS) is 1. The lowest BCUT2D eigenvalue weighted by molar-refractivity contribution is 0.0696. The average molecular weight is 328 g/mol. The quantitative estimate of drug-likeness (QED) is 0.912. The zero-order valence-electron chi connectivity index (χ0n) is 13.6. The maximum atomic E-state index is 12.5. The zero-order chi connectivity index (χ0) is 17.1. The molecule has 1 aliphatic heterocycles. The van der Waals surface area contributed by atoms with Gasteiger partial charge in [0.15, 0.2) is 12.1 Å². The number of hydrogen-bond acceptors (Lipinski definition) is 4. The fourth-order valence-electron chi connectivity index (χ4n) is 3.15. The fraction of sp³-hybridized carbons (Fsp3) is 0.389. The van der Waals surface area contributed by atoms with Crippen LogP contribution in [0.25, 0.3) is 0 Å². The van der Waals surface area contributed by atoms with Crippen molar-refractivity contribution >= 4 is 11.9 Å². The molecule has 0 bridgehead atoms. The Kier molecular flexibility index (Phi) is 4.64. The molecule has 0 aliphatic carbocycles. The lowest BCUT2D eigenvalue weighted by Gasteiger charge is -2.15. The van der Waals surface area contributed by atoms with Crippen LogP contribution in [0.15, 0.2) is 35.1 Å². The van der Waals surface area contributed by atoms with Gasteiger partial charge >= 0.3 is 5.97 Å². The second-order valence-electron chi connectivity index (χ2n) is 6.09. The standard InChI is InChI=1S/C18H20N2O4/c1-2-15-16(19-11-24-15)17(21)20-8-7-13(10-20)9-12-3-5-14(6-4-12)18(22)23/h3-6,11,13H,2,7-10H2,1H3,(H,22,23)/t13-/m0/s1. The summed E-state index contributed by atoms with van der Waals surface area (Å²) >= 11 is 0. The Morgan fingerprint density at radius 2 is 2.08 bits per heavy atom. The molecule has 1 aromatic heterocycles. The number of likely N-dealkylation sites (tertiary alicyclic amines) is 1. The number of carboxylic acids is 1. The van der Waals surface area contributed by atoms with Crippen LogP contribution in [-0.2, 0) is 12.8 Å². The second-order valence-corrected chi connectivity index (χ2v) is 6.09. The Balaban J connectivity index is 1.61. The van der Waals surface area contributed by atoms with Gasteiger partial charge in [-0.25, -0.2) is 9.78 Å². The van der Waals surface area contributed by atoms with Crippen molar-refractivity contribution in [3.63, 3.8) is 0 Å². The highest BCUT2D eigenvalue weighted by atomic mass is 16.4. The number of rotatable bonds is 5. The minimum atomic E-state index is -0.918. The van der Waals surface area contributed by atoms with Gasteiger partial charge < -0.3 is 14.4 Å². The van der Waals surface area contributed by atoms with Crippen molar-refractivity contribution in [1.29, 1.82) is 0 Å². The number of aromatic carboxylic acids is 1. The summed E-state index contributed by atoms with van der Waals surface area (Å²) in [5.74, 6) is 0.0252. The molecule has 2 heterocycles. The number of amides is 1. The summed E-state index contributed by atoms with van der Waals surface area (Å²) in [7, 11) is 0. The Bertz CT molecular complexity index is 736. The van der Waals surface area contributed by atoms with Crippen molar-refractivity contribution in [2.45, 2.75) is 26.2 Å². The van der Waals surface area contributed by atoms with Gasteiger partial charge in [-0.2, -0.15) is 0 Å². The summed E-state index contributed by atoms with van der Waals surface area (Å²) in [6.45, 7) is 3.34. The van der Waals surface area contributed by atoms with Crippen molar-refractivity contribution in [1.82, 2.24) is 9.88 Å². The molecule has 1 N–H and O–H groups in total. The van der Waals surface area contributed by atoms with Crippen molar-refractivity contribution < 1.29 is 19.1 Å². The van der Waals surface area contributed by atoms with E-state index in [0.29, 0.717) is 42.4 Å². The maximum absolute atomic E-state index is 12.5. The predicted molar refractivity (Wildman–Crippen MR) is 87.0 cm³/mol. The average Bonchev–Trinajstić information content (AvgIpc) is 3.23. The van der Waals surface area contributed by atoms with Crippen LogP contribution >= 0.6 is 0 Å². The van der Waals surface area contributed by atoms with Gasteiger partial charge in [0.2, 0.25) is 0 Å². The van der Waals surface area contributed by atoms with Gasteiger partial charge in [-0.05, 0) is 36.5 Å². The lowest BCUT2D eigenvalue weighted by Crippen LogP contribution is -2.29. The van der Waals surface area contributed by atoms with E-state index in [9.17, 15) is 9.59 Å². The summed E-state index contributed by atoms with van der Waals surface area (Å²) in [5, 5.41) is 8.93. The number of carbonyl (C=O) groups is 2. The van der Waals surface area contributed by atoms with Crippen LogP contribution in [-0.4, -0.2) is 40.0 Å². The Hall–Kier alpha value is -2.63. The first kappa shape index (κ1) is 16.2. The van der Waals surface area contributed by atoms with Crippen molar-refractivity contribution in [2.24, 2.45) is 5.92 Å². The van der Waals surface area contributed by atoms with E-state index in [-0.39, 0.29) is 5.91 Å². The molecule has 6 nitrogen and oxygen atoms in total. The molecular weight excluding hydrogens is 308 g/mol. The number of hydrogen-bond donors (Lipinski definition) is 1. The van der Waals surface area contributed by atoms with Crippen molar-refractivity contribution in [2.75, 3.05) is 13.1 Å². The van der Waals surface area contributed by atoms with E-state index < -0.39 is 5.97 Å². The molecule has 24 heavy (non-hydrogen) atoms. The van der Waals surface area contributed by atoms with Crippen molar-refractivity contribution in [3.8, 4) is 0 Å². The van der Waals surface area contributed by atoms with E-state index in [1.165, 1.54) is 6.39 Å². The number of nitrogens with zero attached hydrogens (tertiary/aromatic N) is 2. The van der Waals surface area contributed by atoms with E-state index in [4.69, 9.17) is 9.52 Å². The molecular formula is C18H20N2O4. The summed E-state index contributed by atoms with van der Waals surface area (Å²) in [6, 6.07) is 6.94. The Morgan fingerprint density at radius 3 is 2.75 bits per heavy atom. The third-order valence-corrected chi connectivity index (χ3v) is 4.46. The van der Waals surface area contributed by atoms with Gasteiger partial charge in [-0.3, -0.25) is 4.79 Å². The summed E-state index contributed by atoms with van der Waals surface area (Å²) in [5.41, 5.74) is 1.80. The predicted octanol–water partition coefficient (Wildman–Crippen LogP) is 2.64. The number of oxazole rings is 1. The number of aromatic nitrogens is 1. The molecule has 126 valence electrons. The smallest absolute Gasteiger partial charge is 0.335 e. The minimum absolute atomic E-state index is 0.0654. The van der Waals surface area contributed by atoms with Gasteiger partial charge in [-0.15, -0.1) is 0 Å². The highest BCUT2D eigenvalue weighted by Gasteiger charge is 2.29. The molecule has 1 atom stereocenters. The van der Waals surface area contributed by atoms with Crippen LogP contribution in [0.3, 0.4) is 0 Å². The van der Waals surface area contributed by atoms with Gasteiger partial charge in [0.25, 0.3) is 5.91 Å². The maximum Gasteiger partial charge on any atom is 0.335 e. The largest absolute Gasteiger partial charge is 0.478 e. The first-order chi connectivity index (χ1) is 11.6. The number of benzene rings is 1. The molecule has 3 rings (SSSR count). The van der Waals surface area contributed by atoms with Crippen LogP contribution in [0, 0.1) is 5.92 Å². The second kappa shape index (κ2) is 6.86. The first-order valence-corrected chi connectivity index (χ1v) is 8.12. The van der Waals surface area contributed by atoms with E-state index in [1.807, 2.05) is 24.0 Å². The van der Waals surface area contributed by atoms with Crippen molar-refractivity contribution in [3.05, 3.63) is 53.2 Å². The fourth-order valence-corrected chi connectivity index (χ4v) is 3.15. The number of carbonyl (C=O) groups excluding carboxylic acids is 1. The van der Waals surface area contributed by atoms with E-state index in [2.05, 4.69) is 4.98 Å². The molecule has 1 aromatic carbocycles. The molecule has 1 aliphatic rings. The lowest BCUT2D eigenvalue weighted by atomic mass is 9.98. The Labute approximate surface area is 140 Å². The van der Waals surface area contributed by atoms with Crippen LogP contribution in [0.2, 0.25) is 0 Å². The molecule has 1 fully saturated rings. The molecule has 0 saturated carbocycles. The summed E-state index contributed by atoms with van der Waals surface area (Å²) < 4.78 is 5.24. The molecule has 2 aromatic rings. The highest BCUT2D eigenvalue weighted by molar-refractivity contribution is 5.93. The van der Waals surface area contributed by atoms with E-state index in [1.54, 1.807) is 12.1 Å². The van der Waals surface area contributed by atoms with E-state index in [0.717, 1.165) is 18.4 Å². The molecule has 0 radical (unpaired) electrons. The van der Waals surface area contributed by atoms with Gasteiger partial charge in [0.1, 0.15) is 5.76 Å². The number of aryl methyl sites for hydroxylation is 1.